The van der Waals surface area contributed by atoms with Crippen LogP contribution in [0.1, 0.15) is 24.9 Å². The molecule has 1 saturated heterocycles. The van der Waals surface area contributed by atoms with E-state index in [1.807, 2.05) is 24.3 Å². The predicted molar refractivity (Wildman–Crippen MR) is 63.4 cm³/mol. The molecule has 16 heavy (non-hydrogen) atoms. The molecule has 3 heteroatoms. The van der Waals surface area contributed by atoms with Crippen molar-refractivity contribution in [2.24, 2.45) is 11.7 Å². The average molecular weight is 221 g/mol. The molecule has 0 aliphatic carbocycles. The van der Waals surface area contributed by atoms with E-state index in [4.69, 9.17) is 15.2 Å². The van der Waals surface area contributed by atoms with Crippen molar-refractivity contribution < 1.29 is 9.47 Å². The van der Waals surface area contributed by atoms with Gasteiger partial charge >= 0.3 is 0 Å². The normalized spacial score (nSPS) is 26.7. The lowest BCUT2D eigenvalue weighted by Crippen LogP contribution is -2.26. The van der Waals surface area contributed by atoms with Gasteiger partial charge in [-0.2, -0.15) is 0 Å². The average Bonchev–Trinajstić information content (AvgIpc) is 2.75. The van der Waals surface area contributed by atoms with E-state index in [0.29, 0.717) is 5.92 Å². The van der Waals surface area contributed by atoms with Crippen LogP contribution in [0.15, 0.2) is 24.3 Å². The molecule has 0 radical (unpaired) electrons. The maximum Gasteiger partial charge on any atom is 0.118 e. The van der Waals surface area contributed by atoms with Crippen molar-refractivity contribution in [2.75, 3.05) is 13.7 Å². The molecule has 88 valence electrons. The molecule has 0 spiro atoms. The zero-order valence-electron chi connectivity index (χ0n) is 9.85. The third-order valence-corrected chi connectivity index (χ3v) is 3.40. The fourth-order valence-electron chi connectivity index (χ4n) is 2.29. The van der Waals surface area contributed by atoms with E-state index in [1.54, 1.807) is 7.11 Å². The number of ether oxygens (including phenoxy) is 2. The van der Waals surface area contributed by atoms with Gasteiger partial charge in [0.2, 0.25) is 0 Å². The maximum absolute atomic E-state index is 6.26. The van der Waals surface area contributed by atoms with Gasteiger partial charge in [0, 0.05) is 18.6 Å². The molecule has 1 aliphatic rings. The summed E-state index contributed by atoms with van der Waals surface area (Å²) in [4.78, 5) is 0. The van der Waals surface area contributed by atoms with Crippen LogP contribution in [0, 0.1) is 5.92 Å². The van der Waals surface area contributed by atoms with E-state index in [2.05, 4.69) is 6.92 Å². The second-order valence-corrected chi connectivity index (χ2v) is 4.33. The van der Waals surface area contributed by atoms with Crippen LogP contribution < -0.4 is 10.5 Å². The van der Waals surface area contributed by atoms with E-state index < -0.39 is 0 Å². The third kappa shape index (κ3) is 2.20. The Bertz CT molecular complexity index is 336. The highest BCUT2D eigenvalue weighted by Crippen LogP contribution is 2.31. The maximum atomic E-state index is 6.26. The van der Waals surface area contributed by atoms with Crippen LogP contribution in [0.3, 0.4) is 0 Å². The van der Waals surface area contributed by atoms with Crippen molar-refractivity contribution >= 4 is 0 Å². The van der Waals surface area contributed by atoms with Crippen molar-refractivity contribution in [3.63, 3.8) is 0 Å². The Morgan fingerprint density at radius 2 is 2.06 bits per heavy atom. The summed E-state index contributed by atoms with van der Waals surface area (Å²) in [6.07, 6.45) is 1.31. The van der Waals surface area contributed by atoms with Gasteiger partial charge in [0.15, 0.2) is 0 Å². The minimum absolute atomic E-state index is 0.0587. The highest BCUT2D eigenvalue weighted by molar-refractivity contribution is 5.29. The molecule has 3 atom stereocenters. The summed E-state index contributed by atoms with van der Waals surface area (Å²) in [5, 5.41) is 0. The molecule has 1 aromatic carbocycles. The molecule has 2 N–H and O–H groups in total. The Labute approximate surface area is 96.5 Å². The summed E-state index contributed by atoms with van der Waals surface area (Å²) < 4.78 is 10.7. The zero-order valence-corrected chi connectivity index (χ0v) is 9.85. The highest BCUT2D eigenvalue weighted by atomic mass is 16.5. The molecule has 0 aromatic heterocycles. The topological polar surface area (TPSA) is 44.5 Å². The van der Waals surface area contributed by atoms with Crippen molar-refractivity contribution in [3.8, 4) is 5.75 Å². The van der Waals surface area contributed by atoms with Crippen LogP contribution >= 0.6 is 0 Å². The molecule has 0 bridgehead atoms. The van der Waals surface area contributed by atoms with Gasteiger partial charge < -0.3 is 15.2 Å². The molecule has 2 rings (SSSR count). The number of hydrogen-bond donors (Lipinski definition) is 1. The van der Waals surface area contributed by atoms with Gasteiger partial charge in [-0.3, -0.25) is 0 Å². The number of nitrogens with two attached hydrogens (primary N) is 1. The minimum atomic E-state index is 0.0587. The molecule has 0 amide bonds. The van der Waals surface area contributed by atoms with Crippen molar-refractivity contribution in [3.05, 3.63) is 29.8 Å². The van der Waals surface area contributed by atoms with Crippen molar-refractivity contribution in [1.82, 2.24) is 0 Å². The summed E-state index contributed by atoms with van der Waals surface area (Å²) in [5.74, 6) is 1.29. The molecular weight excluding hydrogens is 202 g/mol. The predicted octanol–water partition coefficient (Wildman–Crippen LogP) is 2.12. The number of rotatable bonds is 3. The van der Waals surface area contributed by atoms with E-state index >= 15 is 0 Å². The van der Waals surface area contributed by atoms with Crippen LogP contribution in [0.2, 0.25) is 0 Å². The van der Waals surface area contributed by atoms with Gasteiger partial charge in [0.25, 0.3) is 0 Å². The lowest BCUT2D eigenvalue weighted by atomic mass is 9.89. The molecule has 1 heterocycles. The van der Waals surface area contributed by atoms with E-state index in [0.717, 1.165) is 24.3 Å². The van der Waals surface area contributed by atoms with Gasteiger partial charge in [-0.15, -0.1) is 0 Å². The summed E-state index contributed by atoms with van der Waals surface area (Å²) in [6, 6.07) is 8.04. The van der Waals surface area contributed by atoms with Gasteiger partial charge in [-0.25, -0.2) is 0 Å². The van der Waals surface area contributed by atoms with Crippen molar-refractivity contribution in [1.29, 1.82) is 0 Å². The van der Waals surface area contributed by atoms with Crippen LogP contribution in [0.5, 0.6) is 5.75 Å². The monoisotopic (exact) mass is 221 g/mol. The van der Waals surface area contributed by atoms with Crippen LogP contribution in [-0.2, 0) is 4.74 Å². The van der Waals surface area contributed by atoms with Gasteiger partial charge in [0.1, 0.15) is 5.75 Å². The first-order valence-electron chi connectivity index (χ1n) is 5.73. The quantitative estimate of drug-likeness (QED) is 0.850. The Morgan fingerprint density at radius 3 is 2.56 bits per heavy atom. The summed E-state index contributed by atoms with van der Waals surface area (Å²) in [6.45, 7) is 2.93. The van der Waals surface area contributed by atoms with Crippen LogP contribution in [0.25, 0.3) is 0 Å². The van der Waals surface area contributed by atoms with Crippen LogP contribution in [-0.4, -0.2) is 19.8 Å². The van der Waals surface area contributed by atoms with E-state index in [9.17, 15) is 0 Å². The minimum Gasteiger partial charge on any atom is -0.497 e. The summed E-state index contributed by atoms with van der Waals surface area (Å²) in [7, 11) is 1.67. The number of methoxy groups -OCH3 is 1. The summed E-state index contributed by atoms with van der Waals surface area (Å²) in [5.41, 5.74) is 7.42. The lowest BCUT2D eigenvalue weighted by molar-refractivity contribution is 0.0995. The first kappa shape index (κ1) is 11.4. The largest absolute Gasteiger partial charge is 0.497 e. The van der Waals surface area contributed by atoms with Gasteiger partial charge in [0.05, 0.1) is 13.2 Å². The zero-order chi connectivity index (χ0) is 11.5. The first-order chi connectivity index (χ1) is 7.72. The Hall–Kier alpha value is -1.06. The number of benzene rings is 1. The fraction of sp³-hybridized carbons (Fsp3) is 0.538. The molecule has 1 fully saturated rings. The van der Waals surface area contributed by atoms with E-state index in [1.165, 1.54) is 0 Å². The fourth-order valence-corrected chi connectivity index (χ4v) is 2.29. The molecule has 3 nitrogen and oxygen atoms in total. The SMILES string of the molecule is COc1ccc(C(N)C2CCOC2C)cc1. The molecule has 1 aliphatic heterocycles. The van der Waals surface area contributed by atoms with Gasteiger partial charge in [-0.1, -0.05) is 12.1 Å². The lowest BCUT2D eigenvalue weighted by Gasteiger charge is -2.22. The van der Waals surface area contributed by atoms with Gasteiger partial charge in [-0.05, 0) is 31.0 Å². The second kappa shape index (κ2) is 4.85. The highest BCUT2D eigenvalue weighted by Gasteiger charge is 2.30. The Morgan fingerprint density at radius 1 is 1.38 bits per heavy atom. The standard InChI is InChI=1S/C13H19NO2/c1-9-12(7-8-16-9)13(14)10-3-5-11(15-2)6-4-10/h3-6,9,12-13H,7-8,14H2,1-2H3. The number of hydrogen-bond acceptors (Lipinski definition) is 3. The van der Waals surface area contributed by atoms with Crippen LogP contribution in [0.4, 0.5) is 0 Å². The Kier molecular flexibility index (Phi) is 3.46. The van der Waals surface area contributed by atoms with E-state index in [-0.39, 0.29) is 12.1 Å². The molecule has 0 saturated carbocycles. The molecular formula is C13H19NO2. The second-order valence-electron chi connectivity index (χ2n) is 4.33. The first-order valence-corrected chi connectivity index (χ1v) is 5.73. The smallest absolute Gasteiger partial charge is 0.118 e. The molecule has 3 unspecified atom stereocenters. The Balaban J connectivity index is 2.10. The third-order valence-electron chi connectivity index (χ3n) is 3.40. The van der Waals surface area contributed by atoms with Crippen molar-refractivity contribution in [2.45, 2.75) is 25.5 Å². The molecule has 1 aromatic rings. The summed E-state index contributed by atoms with van der Waals surface area (Å²) >= 11 is 0.